The lowest BCUT2D eigenvalue weighted by molar-refractivity contribution is -0.128. The summed E-state index contributed by atoms with van der Waals surface area (Å²) < 4.78 is 0. The lowest BCUT2D eigenvalue weighted by Crippen LogP contribution is -2.51. The van der Waals surface area contributed by atoms with Crippen LogP contribution in [0.1, 0.15) is 92.1 Å². The van der Waals surface area contributed by atoms with Crippen molar-refractivity contribution in [2.24, 2.45) is 11.7 Å². The Kier molecular flexibility index (Phi) is 7.47. The molecule has 2 aromatic rings. The molecule has 2 aromatic carbocycles. The molecule has 2 amide bonds. The number of nitrogens with zero attached hydrogens (tertiary/aromatic N) is 1. The van der Waals surface area contributed by atoms with Gasteiger partial charge in [0.2, 0.25) is 11.8 Å². The van der Waals surface area contributed by atoms with Crippen LogP contribution in [-0.4, -0.2) is 41.9 Å². The SMILES string of the molecule is CC(C(=O)NCCN1[C@@H]2CC[C@H]1CC(c1cccc(C(N)=O)c1)C2)(c1ccccc1)C1CCCCC1. The maximum atomic E-state index is 13.7. The van der Waals surface area contributed by atoms with Gasteiger partial charge in [0.15, 0.2) is 0 Å². The summed E-state index contributed by atoms with van der Waals surface area (Å²) in [6.45, 7) is 3.77. The molecule has 1 aliphatic carbocycles. The summed E-state index contributed by atoms with van der Waals surface area (Å²) in [5.74, 6) is 0.701. The molecule has 5 nitrogen and oxygen atoms in total. The van der Waals surface area contributed by atoms with Crippen LogP contribution in [0, 0.1) is 5.92 Å². The smallest absolute Gasteiger partial charge is 0.248 e. The number of carbonyl (C=O) groups is 2. The van der Waals surface area contributed by atoms with Gasteiger partial charge in [0.05, 0.1) is 5.41 Å². The summed E-state index contributed by atoms with van der Waals surface area (Å²) in [6.07, 6.45) is 10.6. The molecular formula is C31H41N3O2. The molecule has 3 aliphatic rings. The first kappa shape index (κ1) is 25.0. The average molecular weight is 488 g/mol. The summed E-state index contributed by atoms with van der Waals surface area (Å²) in [6, 6.07) is 19.4. The number of rotatable bonds is 8. The van der Waals surface area contributed by atoms with Crippen molar-refractivity contribution >= 4 is 11.8 Å². The van der Waals surface area contributed by atoms with Crippen molar-refractivity contribution in [3.05, 3.63) is 71.3 Å². The highest BCUT2D eigenvalue weighted by molar-refractivity contribution is 5.93. The zero-order valence-electron chi connectivity index (χ0n) is 21.6. The van der Waals surface area contributed by atoms with Crippen LogP contribution >= 0.6 is 0 Å². The highest BCUT2D eigenvalue weighted by Gasteiger charge is 2.44. The van der Waals surface area contributed by atoms with Crippen LogP contribution in [0.4, 0.5) is 0 Å². The van der Waals surface area contributed by atoms with E-state index < -0.39 is 5.41 Å². The lowest BCUT2D eigenvalue weighted by atomic mass is 9.65. The van der Waals surface area contributed by atoms with E-state index in [0.717, 1.165) is 37.8 Å². The quantitative estimate of drug-likeness (QED) is 0.541. The van der Waals surface area contributed by atoms with Gasteiger partial charge in [0, 0.05) is 30.7 Å². The fourth-order valence-corrected chi connectivity index (χ4v) is 7.36. The second-order valence-electron chi connectivity index (χ2n) is 11.4. The minimum Gasteiger partial charge on any atom is -0.366 e. The van der Waals surface area contributed by atoms with Crippen LogP contribution in [0.3, 0.4) is 0 Å². The largest absolute Gasteiger partial charge is 0.366 e. The molecule has 3 N–H and O–H groups in total. The third kappa shape index (κ3) is 4.95. The minimum absolute atomic E-state index is 0.186. The fraction of sp³-hybridized carbons (Fsp3) is 0.548. The van der Waals surface area contributed by atoms with Crippen LogP contribution in [0.15, 0.2) is 54.6 Å². The number of carbonyl (C=O) groups excluding carboxylic acids is 2. The molecule has 1 saturated carbocycles. The Morgan fingerprint density at radius 2 is 1.64 bits per heavy atom. The van der Waals surface area contributed by atoms with Gasteiger partial charge in [0.25, 0.3) is 0 Å². The molecule has 4 atom stereocenters. The number of nitrogens with one attached hydrogen (secondary N) is 1. The topological polar surface area (TPSA) is 75.4 Å². The van der Waals surface area contributed by atoms with Gasteiger partial charge < -0.3 is 11.1 Å². The number of hydrogen-bond donors (Lipinski definition) is 2. The van der Waals surface area contributed by atoms with Gasteiger partial charge in [-0.05, 0) is 80.5 Å². The summed E-state index contributed by atoms with van der Waals surface area (Å²) >= 11 is 0. The van der Waals surface area contributed by atoms with Crippen LogP contribution < -0.4 is 11.1 Å². The Hall–Kier alpha value is -2.66. The second-order valence-corrected chi connectivity index (χ2v) is 11.4. The van der Waals surface area contributed by atoms with E-state index in [1.54, 1.807) is 6.07 Å². The molecule has 5 heteroatoms. The van der Waals surface area contributed by atoms with E-state index >= 15 is 0 Å². The second kappa shape index (κ2) is 10.8. The number of hydrogen-bond acceptors (Lipinski definition) is 3. The predicted octanol–water partition coefficient (Wildman–Crippen LogP) is 5.15. The van der Waals surface area contributed by atoms with Gasteiger partial charge in [-0.2, -0.15) is 0 Å². The maximum Gasteiger partial charge on any atom is 0.248 e. The predicted molar refractivity (Wildman–Crippen MR) is 144 cm³/mol. The Balaban J connectivity index is 1.21. The molecule has 3 fully saturated rings. The molecule has 2 bridgehead atoms. The molecule has 5 rings (SSSR count). The van der Waals surface area contributed by atoms with E-state index in [0.29, 0.717) is 36.0 Å². The van der Waals surface area contributed by atoms with Crippen LogP contribution in [-0.2, 0) is 10.2 Å². The molecule has 0 radical (unpaired) electrons. The third-order valence-corrected chi connectivity index (χ3v) is 9.45. The van der Waals surface area contributed by atoms with Crippen LogP contribution in [0.25, 0.3) is 0 Å². The molecule has 0 aromatic heterocycles. The van der Waals surface area contributed by atoms with E-state index in [2.05, 4.69) is 47.5 Å². The monoisotopic (exact) mass is 487 g/mol. The first-order valence-electron chi connectivity index (χ1n) is 14.0. The van der Waals surface area contributed by atoms with E-state index in [4.69, 9.17) is 5.73 Å². The van der Waals surface area contributed by atoms with Crippen LogP contribution in [0.5, 0.6) is 0 Å². The highest BCUT2D eigenvalue weighted by atomic mass is 16.2. The zero-order chi connectivity index (χ0) is 25.1. The van der Waals surface area contributed by atoms with Gasteiger partial charge in [-0.15, -0.1) is 0 Å². The van der Waals surface area contributed by atoms with Crippen molar-refractivity contribution in [1.82, 2.24) is 10.2 Å². The van der Waals surface area contributed by atoms with Gasteiger partial charge in [-0.25, -0.2) is 0 Å². The molecule has 2 unspecified atom stereocenters. The number of piperidine rings is 1. The molecule has 192 valence electrons. The van der Waals surface area contributed by atoms with Gasteiger partial charge in [-0.3, -0.25) is 14.5 Å². The van der Waals surface area contributed by atoms with Crippen molar-refractivity contribution < 1.29 is 9.59 Å². The van der Waals surface area contributed by atoms with Gasteiger partial charge in [0.1, 0.15) is 0 Å². The minimum atomic E-state index is -0.473. The summed E-state index contributed by atoms with van der Waals surface area (Å²) in [5.41, 5.74) is 8.03. The number of amides is 2. The summed E-state index contributed by atoms with van der Waals surface area (Å²) in [4.78, 5) is 28.0. The molecule has 36 heavy (non-hydrogen) atoms. The molecule has 0 spiro atoms. The van der Waals surface area contributed by atoms with Gasteiger partial charge >= 0.3 is 0 Å². The first-order chi connectivity index (χ1) is 17.5. The summed E-state index contributed by atoms with van der Waals surface area (Å²) in [5, 5.41) is 3.37. The van der Waals surface area contributed by atoms with Crippen LogP contribution in [0.2, 0.25) is 0 Å². The molecule has 2 heterocycles. The third-order valence-electron chi connectivity index (χ3n) is 9.45. The Labute approximate surface area is 215 Å². The average Bonchev–Trinajstić information content (AvgIpc) is 3.15. The summed E-state index contributed by atoms with van der Waals surface area (Å²) in [7, 11) is 0. The fourth-order valence-electron chi connectivity index (χ4n) is 7.36. The molecular weight excluding hydrogens is 446 g/mol. The Bertz CT molecular complexity index is 1050. The molecule has 2 saturated heterocycles. The van der Waals surface area contributed by atoms with Crippen molar-refractivity contribution in [2.45, 2.75) is 88.1 Å². The van der Waals surface area contributed by atoms with Crippen molar-refractivity contribution in [1.29, 1.82) is 0 Å². The number of nitrogens with two attached hydrogens (primary N) is 1. The van der Waals surface area contributed by atoms with E-state index in [-0.39, 0.29) is 11.8 Å². The standard InChI is InChI=1S/C31H41N3O2/c1-31(25-11-4-2-5-12-25,26-13-6-3-7-14-26)30(36)33-17-18-34-27-15-16-28(34)21-24(20-27)22-9-8-10-23(19-22)29(32)35/h2,4-5,8-12,19,24,26-28H,3,6-7,13-18,20-21H2,1H3,(H2,32,35)(H,33,36)/t24?,27-,28+,31?. The van der Waals surface area contributed by atoms with Gasteiger partial charge in [-0.1, -0.05) is 61.7 Å². The first-order valence-corrected chi connectivity index (χ1v) is 14.0. The van der Waals surface area contributed by atoms with Crippen molar-refractivity contribution in [3.8, 4) is 0 Å². The number of fused-ring (bicyclic) bond motifs is 2. The van der Waals surface area contributed by atoms with E-state index in [1.807, 2.05) is 18.2 Å². The lowest BCUT2D eigenvalue weighted by Gasteiger charge is -2.41. The normalized spacial score (nSPS) is 26.3. The maximum absolute atomic E-state index is 13.7. The zero-order valence-corrected chi connectivity index (χ0v) is 21.6. The Morgan fingerprint density at radius 3 is 2.31 bits per heavy atom. The number of benzene rings is 2. The Morgan fingerprint density at radius 1 is 0.944 bits per heavy atom. The molecule has 2 aliphatic heterocycles. The number of primary amides is 1. The van der Waals surface area contributed by atoms with E-state index in [9.17, 15) is 9.59 Å². The van der Waals surface area contributed by atoms with Crippen molar-refractivity contribution in [3.63, 3.8) is 0 Å². The van der Waals surface area contributed by atoms with Crippen molar-refractivity contribution in [2.75, 3.05) is 13.1 Å². The highest BCUT2D eigenvalue weighted by Crippen LogP contribution is 2.43. The van der Waals surface area contributed by atoms with E-state index in [1.165, 1.54) is 37.7 Å².